The molecule has 0 fully saturated rings. The van der Waals surface area contributed by atoms with Crippen molar-refractivity contribution in [2.45, 2.75) is 25.1 Å². The van der Waals surface area contributed by atoms with Gasteiger partial charge in [-0.2, -0.15) is 8.78 Å². The van der Waals surface area contributed by atoms with Crippen LogP contribution < -0.4 is 0 Å². The lowest BCUT2D eigenvalue weighted by atomic mass is 9.94. The zero-order valence-electron chi connectivity index (χ0n) is 17.6. The van der Waals surface area contributed by atoms with Gasteiger partial charge >= 0.3 is 6.43 Å². The molecule has 1 aromatic heterocycles. The second kappa shape index (κ2) is 8.75. The van der Waals surface area contributed by atoms with Gasteiger partial charge in [-0.05, 0) is 41.0 Å². The second-order valence-electron chi connectivity index (χ2n) is 7.90. The molecule has 0 bridgehead atoms. The summed E-state index contributed by atoms with van der Waals surface area (Å²) in [7, 11) is 0. The fourth-order valence-corrected chi connectivity index (χ4v) is 4.15. The number of rotatable bonds is 6. The largest absolute Gasteiger partial charge is 0.415 e. The molecule has 1 N–H and O–H groups in total. The molecule has 4 aromatic rings. The van der Waals surface area contributed by atoms with Gasteiger partial charge in [-0.1, -0.05) is 48.5 Å². The molecular formula is C25H18F3N3O3. The third-order valence-corrected chi connectivity index (χ3v) is 5.80. The fourth-order valence-electron chi connectivity index (χ4n) is 4.15. The smallest absolute Gasteiger partial charge is 0.314 e. The van der Waals surface area contributed by atoms with Gasteiger partial charge in [0, 0.05) is 17.7 Å². The molecule has 2 unspecified atom stereocenters. The number of carbonyl (C=O) groups excluding carboxylic acids is 1. The lowest BCUT2D eigenvalue weighted by Gasteiger charge is -2.32. The summed E-state index contributed by atoms with van der Waals surface area (Å²) in [6.07, 6.45) is -3.97. The maximum Gasteiger partial charge on any atom is 0.314 e. The number of amides is 1. The van der Waals surface area contributed by atoms with E-state index < -0.39 is 30.3 Å². The SMILES string of the molecule is O=C1c2cc(-c3nnc(C(F)F)o3)ccc2CN1C(c1ccc(F)cc1)C(O)c1ccccc1. The number of hydrogen-bond acceptors (Lipinski definition) is 5. The summed E-state index contributed by atoms with van der Waals surface area (Å²) in [6.45, 7) is 0.201. The third kappa shape index (κ3) is 3.94. The fraction of sp³-hybridized carbons (Fsp3) is 0.160. The molecular weight excluding hydrogens is 447 g/mol. The highest BCUT2D eigenvalue weighted by Crippen LogP contribution is 2.40. The zero-order valence-corrected chi connectivity index (χ0v) is 17.6. The Bertz CT molecular complexity index is 1330. The van der Waals surface area contributed by atoms with Gasteiger partial charge in [-0.3, -0.25) is 4.79 Å². The molecule has 1 amide bonds. The first-order valence-electron chi connectivity index (χ1n) is 10.5. The van der Waals surface area contributed by atoms with E-state index in [2.05, 4.69) is 10.2 Å². The van der Waals surface area contributed by atoms with Crippen molar-refractivity contribution in [3.8, 4) is 11.5 Å². The van der Waals surface area contributed by atoms with Crippen LogP contribution in [-0.2, 0) is 6.54 Å². The Morgan fingerprint density at radius 2 is 1.68 bits per heavy atom. The van der Waals surface area contributed by atoms with Crippen LogP contribution in [0.15, 0.2) is 77.2 Å². The average Bonchev–Trinajstić information content (AvgIpc) is 3.47. The van der Waals surface area contributed by atoms with Gasteiger partial charge in [0.15, 0.2) is 0 Å². The molecule has 0 radical (unpaired) electrons. The molecule has 5 rings (SSSR count). The summed E-state index contributed by atoms with van der Waals surface area (Å²) in [5.74, 6) is -1.72. The van der Waals surface area contributed by atoms with Crippen LogP contribution in [0.5, 0.6) is 0 Å². The molecule has 34 heavy (non-hydrogen) atoms. The highest BCUT2D eigenvalue weighted by atomic mass is 19.3. The minimum absolute atomic E-state index is 0.122. The van der Waals surface area contributed by atoms with Crippen molar-refractivity contribution in [1.29, 1.82) is 0 Å². The zero-order chi connectivity index (χ0) is 23.8. The highest BCUT2D eigenvalue weighted by Gasteiger charge is 2.38. The number of aliphatic hydroxyl groups excluding tert-OH is 1. The summed E-state index contributed by atoms with van der Waals surface area (Å²) >= 11 is 0. The van der Waals surface area contributed by atoms with Crippen LogP contribution in [0.1, 0.15) is 51.5 Å². The van der Waals surface area contributed by atoms with Crippen LogP contribution in [0.2, 0.25) is 0 Å². The van der Waals surface area contributed by atoms with Crippen molar-refractivity contribution in [2.75, 3.05) is 0 Å². The number of fused-ring (bicyclic) bond motifs is 1. The van der Waals surface area contributed by atoms with Crippen LogP contribution in [0.25, 0.3) is 11.5 Å². The predicted octanol–water partition coefficient (Wildman–Crippen LogP) is 5.24. The Morgan fingerprint density at radius 1 is 0.941 bits per heavy atom. The van der Waals surface area contributed by atoms with E-state index in [0.717, 1.165) is 0 Å². The van der Waals surface area contributed by atoms with E-state index in [9.17, 15) is 23.1 Å². The first kappa shape index (κ1) is 21.8. The monoisotopic (exact) mass is 465 g/mol. The molecule has 9 heteroatoms. The van der Waals surface area contributed by atoms with E-state index in [1.54, 1.807) is 36.4 Å². The first-order valence-corrected chi connectivity index (χ1v) is 10.5. The number of halogens is 3. The molecule has 2 heterocycles. The van der Waals surface area contributed by atoms with Gasteiger partial charge in [-0.25, -0.2) is 4.39 Å². The van der Waals surface area contributed by atoms with Crippen LogP contribution in [0.4, 0.5) is 13.2 Å². The van der Waals surface area contributed by atoms with Crippen molar-refractivity contribution >= 4 is 5.91 Å². The van der Waals surface area contributed by atoms with Gasteiger partial charge in [0.2, 0.25) is 5.89 Å². The van der Waals surface area contributed by atoms with Crippen LogP contribution in [0.3, 0.4) is 0 Å². The first-order chi connectivity index (χ1) is 16.4. The van der Waals surface area contributed by atoms with E-state index in [-0.39, 0.29) is 18.3 Å². The molecule has 3 aromatic carbocycles. The van der Waals surface area contributed by atoms with Crippen molar-refractivity contribution in [3.63, 3.8) is 0 Å². The maximum atomic E-state index is 13.6. The number of nitrogens with zero attached hydrogens (tertiary/aromatic N) is 3. The van der Waals surface area contributed by atoms with E-state index in [1.807, 2.05) is 6.07 Å². The summed E-state index contributed by atoms with van der Waals surface area (Å²) in [5, 5.41) is 18.2. The third-order valence-electron chi connectivity index (χ3n) is 5.80. The van der Waals surface area contributed by atoms with Crippen molar-refractivity contribution in [3.05, 3.63) is 107 Å². The van der Waals surface area contributed by atoms with Gasteiger partial charge < -0.3 is 14.4 Å². The molecule has 0 saturated carbocycles. The molecule has 172 valence electrons. The minimum Gasteiger partial charge on any atom is -0.415 e. The summed E-state index contributed by atoms with van der Waals surface area (Å²) < 4.78 is 44.2. The lowest BCUT2D eigenvalue weighted by Crippen LogP contribution is -2.33. The summed E-state index contributed by atoms with van der Waals surface area (Å²) in [5.41, 5.74) is 2.52. The molecule has 0 aliphatic carbocycles. The average molecular weight is 465 g/mol. The summed E-state index contributed by atoms with van der Waals surface area (Å²) in [4.78, 5) is 15.0. The standard InChI is InChI=1S/C25H18F3N3O3/c26-18-10-8-14(9-11-18)20(21(32)15-4-2-1-3-5-15)31-13-17-7-6-16(12-19(17)25(31)33)23-29-30-24(34-23)22(27)28/h1-12,20-22,32H,13H2. The number of benzene rings is 3. The second-order valence-corrected chi connectivity index (χ2v) is 7.90. The quantitative estimate of drug-likeness (QED) is 0.421. The summed E-state index contributed by atoms with van der Waals surface area (Å²) in [6, 6.07) is 18.5. The number of aromatic nitrogens is 2. The predicted molar refractivity (Wildman–Crippen MR) is 115 cm³/mol. The molecule has 6 nitrogen and oxygen atoms in total. The maximum absolute atomic E-state index is 13.6. The van der Waals surface area contributed by atoms with E-state index >= 15 is 0 Å². The number of carbonyl (C=O) groups is 1. The Kier molecular flexibility index (Phi) is 5.62. The van der Waals surface area contributed by atoms with Gasteiger partial charge in [-0.15, -0.1) is 10.2 Å². The molecule has 2 atom stereocenters. The van der Waals surface area contributed by atoms with Crippen LogP contribution in [0, 0.1) is 5.82 Å². The minimum atomic E-state index is -2.90. The highest BCUT2D eigenvalue weighted by molar-refractivity contribution is 5.99. The van der Waals surface area contributed by atoms with Crippen molar-refractivity contribution in [1.82, 2.24) is 15.1 Å². The number of alkyl halides is 2. The number of hydrogen-bond donors (Lipinski definition) is 1. The Morgan fingerprint density at radius 3 is 2.35 bits per heavy atom. The van der Waals surface area contributed by atoms with Gasteiger partial charge in [0.05, 0.1) is 6.04 Å². The van der Waals surface area contributed by atoms with E-state index in [4.69, 9.17) is 4.42 Å². The van der Waals surface area contributed by atoms with Crippen LogP contribution >= 0.6 is 0 Å². The van der Waals surface area contributed by atoms with Crippen molar-refractivity contribution < 1.29 is 27.5 Å². The van der Waals surface area contributed by atoms with E-state index in [0.29, 0.717) is 27.8 Å². The number of aliphatic hydroxyl groups is 1. The van der Waals surface area contributed by atoms with Gasteiger partial charge in [0.1, 0.15) is 11.9 Å². The molecule has 1 aliphatic heterocycles. The topological polar surface area (TPSA) is 79.5 Å². The van der Waals surface area contributed by atoms with Crippen LogP contribution in [-0.4, -0.2) is 26.1 Å². The normalized spacial score (nSPS) is 15.0. The molecule has 0 spiro atoms. The molecule has 1 aliphatic rings. The van der Waals surface area contributed by atoms with Crippen molar-refractivity contribution in [2.24, 2.45) is 0 Å². The molecule has 0 saturated heterocycles. The lowest BCUT2D eigenvalue weighted by molar-refractivity contribution is 0.0360. The van der Waals surface area contributed by atoms with Gasteiger partial charge in [0.25, 0.3) is 11.8 Å². The Balaban J connectivity index is 1.51. The Hall–Kier alpha value is -3.98. The Labute approximate surface area is 192 Å². The van der Waals surface area contributed by atoms with E-state index in [1.165, 1.54) is 35.2 Å².